The number of aromatic amines is 1. The van der Waals surface area contributed by atoms with Gasteiger partial charge in [-0.3, -0.25) is 14.9 Å². The Morgan fingerprint density at radius 2 is 2.14 bits per heavy atom. The number of methoxy groups -OCH3 is 1. The molecule has 0 atom stereocenters. The number of benzene rings is 1. The maximum Gasteiger partial charge on any atom is 0.283 e. The highest BCUT2D eigenvalue weighted by atomic mass is 127. The molecule has 0 bridgehead atoms. The van der Waals surface area contributed by atoms with Crippen molar-refractivity contribution in [1.29, 1.82) is 0 Å². The van der Waals surface area contributed by atoms with Crippen molar-refractivity contribution in [2.45, 2.75) is 0 Å². The number of H-pyrrole nitrogens is 1. The molecular weight excluding hydrogens is 401 g/mol. The first kappa shape index (κ1) is 14.6. The van der Waals surface area contributed by atoms with E-state index in [1.807, 2.05) is 22.6 Å². The number of anilines is 1. The van der Waals surface area contributed by atoms with E-state index in [1.165, 1.54) is 13.2 Å². The van der Waals surface area contributed by atoms with Crippen LogP contribution in [-0.4, -0.2) is 22.9 Å². The summed E-state index contributed by atoms with van der Waals surface area (Å²) in [5.41, 5.74) is 2.07. The average Bonchev–Trinajstić information content (AvgIpc) is 3.04. The number of carbonyl (C=O) groups is 1. The molecule has 0 saturated heterocycles. The van der Waals surface area contributed by atoms with Gasteiger partial charge in [0.25, 0.3) is 11.6 Å². The first-order valence-corrected chi connectivity index (χ1v) is 7.32. The average molecular weight is 411 g/mol. The summed E-state index contributed by atoms with van der Waals surface area (Å²) >= 11 is 1.89. The van der Waals surface area contributed by atoms with Crippen LogP contribution in [0, 0.1) is 13.7 Å². The van der Waals surface area contributed by atoms with Crippen molar-refractivity contribution in [1.82, 2.24) is 4.98 Å². The predicted molar refractivity (Wildman–Crippen MR) is 89.7 cm³/mol. The van der Waals surface area contributed by atoms with Crippen molar-refractivity contribution >= 4 is 51.5 Å². The molecule has 1 aliphatic heterocycles. The van der Waals surface area contributed by atoms with Gasteiger partial charge in [-0.05, 0) is 40.8 Å². The number of aromatic nitrogens is 1. The van der Waals surface area contributed by atoms with Gasteiger partial charge >= 0.3 is 0 Å². The Bertz CT molecular complexity index is 825. The maximum atomic E-state index is 12.2. The highest BCUT2D eigenvalue weighted by molar-refractivity contribution is 14.1. The molecule has 0 unspecified atom stereocenters. The molecule has 1 aromatic heterocycles. The summed E-state index contributed by atoms with van der Waals surface area (Å²) < 4.78 is 5.62. The van der Waals surface area contributed by atoms with Gasteiger partial charge in [0.1, 0.15) is 9.32 Å². The Morgan fingerprint density at radius 3 is 2.82 bits per heavy atom. The summed E-state index contributed by atoms with van der Waals surface area (Å²) in [5.74, 6) is 0.291. The van der Waals surface area contributed by atoms with Crippen molar-refractivity contribution in [3.05, 3.63) is 49.3 Å². The molecule has 2 N–H and O–H groups in total. The Morgan fingerprint density at radius 1 is 1.36 bits per heavy atom. The summed E-state index contributed by atoms with van der Waals surface area (Å²) in [6, 6.07) is 4.66. The third-order valence-electron chi connectivity index (χ3n) is 3.33. The number of nitro benzene ring substituents is 1. The van der Waals surface area contributed by atoms with Crippen LogP contribution >= 0.6 is 22.6 Å². The fraction of sp³-hybridized carbons (Fsp3) is 0.0714. The molecule has 0 fully saturated rings. The van der Waals surface area contributed by atoms with E-state index >= 15 is 0 Å². The minimum atomic E-state index is -0.461. The minimum absolute atomic E-state index is 0.0276. The molecule has 0 aliphatic carbocycles. The zero-order valence-electron chi connectivity index (χ0n) is 11.3. The molecule has 8 heteroatoms. The number of fused-ring (bicyclic) bond motifs is 1. The summed E-state index contributed by atoms with van der Waals surface area (Å²) in [4.78, 5) is 25.8. The van der Waals surface area contributed by atoms with Crippen LogP contribution in [0.5, 0.6) is 5.75 Å². The number of carbonyl (C=O) groups excluding carboxylic acids is 1. The predicted octanol–water partition coefficient (Wildman–Crippen LogP) is 3.03. The standard InChI is InChI=1S/C14H10IN3O4/c1-22-11-4-5-16-9(11)6-7-12-8(17-14(7)19)2-3-10(13(12)15)18(20)21/h2-6,16H,1H3,(H,17,19)/b7-6-. The molecule has 2 aromatic rings. The monoisotopic (exact) mass is 411 g/mol. The zero-order valence-corrected chi connectivity index (χ0v) is 13.5. The molecule has 22 heavy (non-hydrogen) atoms. The fourth-order valence-corrected chi connectivity index (χ4v) is 3.28. The molecule has 1 aromatic carbocycles. The van der Waals surface area contributed by atoms with Gasteiger partial charge in [0, 0.05) is 17.8 Å². The van der Waals surface area contributed by atoms with Gasteiger partial charge in [0.05, 0.1) is 29.0 Å². The fourth-order valence-electron chi connectivity index (χ4n) is 2.32. The molecule has 7 nitrogen and oxygen atoms in total. The Labute approximate surface area is 138 Å². The first-order chi connectivity index (χ1) is 10.5. The van der Waals surface area contributed by atoms with Gasteiger partial charge in [-0.2, -0.15) is 0 Å². The number of amides is 1. The number of hydrogen-bond donors (Lipinski definition) is 2. The zero-order chi connectivity index (χ0) is 15.9. The second-order valence-electron chi connectivity index (χ2n) is 4.55. The normalized spacial score (nSPS) is 14.8. The van der Waals surface area contributed by atoms with Crippen LogP contribution in [0.3, 0.4) is 0 Å². The van der Waals surface area contributed by atoms with Crippen LogP contribution in [0.15, 0.2) is 24.4 Å². The van der Waals surface area contributed by atoms with E-state index < -0.39 is 4.92 Å². The number of nitrogens with one attached hydrogen (secondary N) is 2. The van der Waals surface area contributed by atoms with E-state index in [4.69, 9.17) is 4.74 Å². The Balaban J connectivity index is 2.19. The van der Waals surface area contributed by atoms with E-state index in [0.717, 1.165) is 0 Å². The number of halogens is 1. The number of rotatable bonds is 3. The lowest BCUT2D eigenvalue weighted by atomic mass is 10.1. The van der Waals surface area contributed by atoms with Crippen LogP contribution in [0.25, 0.3) is 11.6 Å². The van der Waals surface area contributed by atoms with Crippen molar-refractivity contribution in [3.63, 3.8) is 0 Å². The quantitative estimate of drug-likeness (QED) is 0.351. The van der Waals surface area contributed by atoms with E-state index in [2.05, 4.69) is 10.3 Å². The molecule has 0 radical (unpaired) electrons. The van der Waals surface area contributed by atoms with Gasteiger partial charge in [-0.15, -0.1) is 0 Å². The number of nitrogens with zero attached hydrogens (tertiary/aromatic N) is 1. The summed E-state index contributed by atoms with van der Waals surface area (Å²) in [6.45, 7) is 0. The van der Waals surface area contributed by atoms with E-state index in [9.17, 15) is 14.9 Å². The largest absolute Gasteiger partial charge is 0.495 e. The van der Waals surface area contributed by atoms with Gasteiger partial charge in [0.15, 0.2) is 0 Å². The molecule has 1 amide bonds. The first-order valence-electron chi connectivity index (χ1n) is 6.24. The summed E-state index contributed by atoms with van der Waals surface area (Å²) in [7, 11) is 1.53. The van der Waals surface area contributed by atoms with Crippen LogP contribution in [0.4, 0.5) is 11.4 Å². The lowest BCUT2D eigenvalue weighted by molar-refractivity contribution is -0.385. The maximum absolute atomic E-state index is 12.2. The summed E-state index contributed by atoms with van der Waals surface area (Å²) in [5, 5.41) is 13.8. The topological polar surface area (TPSA) is 97.3 Å². The number of ether oxygens (including phenoxy) is 1. The van der Waals surface area contributed by atoms with Gasteiger partial charge in [0.2, 0.25) is 0 Å². The van der Waals surface area contributed by atoms with Gasteiger partial charge < -0.3 is 15.0 Å². The Hall–Kier alpha value is -2.36. The van der Waals surface area contributed by atoms with Crippen molar-refractivity contribution < 1.29 is 14.5 Å². The van der Waals surface area contributed by atoms with Gasteiger partial charge in [-0.1, -0.05) is 0 Å². The smallest absolute Gasteiger partial charge is 0.283 e. The molecule has 3 rings (SSSR count). The van der Waals surface area contributed by atoms with Crippen molar-refractivity contribution in [2.24, 2.45) is 0 Å². The molecule has 1 aliphatic rings. The second-order valence-corrected chi connectivity index (χ2v) is 5.63. The lowest BCUT2D eigenvalue weighted by Crippen LogP contribution is -2.03. The lowest BCUT2D eigenvalue weighted by Gasteiger charge is -2.03. The summed E-state index contributed by atoms with van der Waals surface area (Å²) in [6.07, 6.45) is 3.32. The highest BCUT2D eigenvalue weighted by Gasteiger charge is 2.31. The van der Waals surface area contributed by atoms with E-state index in [1.54, 1.807) is 24.4 Å². The Kier molecular flexibility index (Phi) is 3.61. The van der Waals surface area contributed by atoms with E-state index in [-0.39, 0.29) is 11.6 Å². The third kappa shape index (κ3) is 2.25. The SMILES string of the molecule is COc1cc[nH]c1/C=C1\C(=O)Nc2ccc([N+](=O)[O-])c(I)c21. The van der Waals surface area contributed by atoms with Crippen molar-refractivity contribution in [3.8, 4) is 5.75 Å². The third-order valence-corrected chi connectivity index (χ3v) is 4.42. The van der Waals surface area contributed by atoms with Crippen LogP contribution in [0.1, 0.15) is 11.3 Å². The number of hydrogen-bond acceptors (Lipinski definition) is 4. The van der Waals surface area contributed by atoms with Crippen LogP contribution < -0.4 is 10.1 Å². The van der Waals surface area contributed by atoms with E-state index in [0.29, 0.717) is 31.8 Å². The van der Waals surface area contributed by atoms with Gasteiger partial charge in [-0.25, -0.2) is 0 Å². The molecular formula is C14H10IN3O4. The van der Waals surface area contributed by atoms with Crippen LogP contribution in [-0.2, 0) is 4.79 Å². The molecule has 2 heterocycles. The number of nitro groups is 1. The minimum Gasteiger partial charge on any atom is -0.495 e. The van der Waals surface area contributed by atoms with Crippen molar-refractivity contribution in [2.75, 3.05) is 12.4 Å². The van der Waals surface area contributed by atoms with Crippen LogP contribution in [0.2, 0.25) is 0 Å². The molecule has 112 valence electrons. The molecule has 0 saturated carbocycles. The second kappa shape index (κ2) is 5.44. The highest BCUT2D eigenvalue weighted by Crippen LogP contribution is 2.40. The molecule has 0 spiro atoms.